The van der Waals surface area contributed by atoms with Crippen molar-refractivity contribution in [3.8, 4) is 5.75 Å². The lowest BCUT2D eigenvalue weighted by atomic mass is 10.2. The zero-order valence-corrected chi connectivity index (χ0v) is 9.74. The first-order chi connectivity index (χ1) is 8.58. The first-order valence-electron chi connectivity index (χ1n) is 5.64. The Morgan fingerprint density at radius 1 is 0.944 bits per heavy atom. The highest BCUT2D eigenvalue weighted by atomic mass is 16.4. The quantitative estimate of drug-likeness (QED) is 0.773. The summed E-state index contributed by atoms with van der Waals surface area (Å²) in [6.07, 6.45) is -0.952. The van der Waals surface area contributed by atoms with Gasteiger partial charge in [0.15, 0.2) is 0 Å². The van der Waals surface area contributed by atoms with E-state index in [0.717, 1.165) is 0 Å². The van der Waals surface area contributed by atoms with Gasteiger partial charge in [-0.25, -0.2) is 4.79 Å². The number of benzene rings is 1. The molecule has 2 amide bonds. The molecule has 0 aromatic heterocycles. The van der Waals surface area contributed by atoms with Gasteiger partial charge in [0, 0.05) is 31.7 Å². The summed E-state index contributed by atoms with van der Waals surface area (Å²) in [7, 11) is 0. The van der Waals surface area contributed by atoms with Gasteiger partial charge in [-0.05, 0) is 24.3 Å². The fourth-order valence-corrected chi connectivity index (χ4v) is 1.89. The number of carbonyl (C=O) groups excluding carboxylic acids is 1. The minimum Gasteiger partial charge on any atom is -0.508 e. The third-order valence-corrected chi connectivity index (χ3v) is 2.95. The lowest BCUT2D eigenvalue weighted by Crippen LogP contribution is -2.50. The van der Waals surface area contributed by atoms with Crippen LogP contribution in [-0.2, 0) is 0 Å². The Morgan fingerprint density at radius 3 is 1.94 bits per heavy atom. The number of phenolic OH excluding ortho intramolecular Hbond substituents is 1. The number of phenols is 1. The van der Waals surface area contributed by atoms with Crippen LogP contribution < -0.4 is 0 Å². The summed E-state index contributed by atoms with van der Waals surface area (Å²) >= 11 is 0. The van der Waals surface area contributed by atoms with Crippen LogP contribution in [0, 0.1) is 0 Å². The largest absolute Gasteiger partial charge is 0.508 e. The molecule has 2 N–H and O–H groups in total. The Morgan fingerprint density at radius 2 is 1.44 bits per heavy atom. The van der Waals surface area contributed by atoms with Crippen molar-refractivity contribution in [3.05, 3.63) is 29.8 Å². The van der Waals surface area contributed by atoms with E-state index in [1.165, 1.54) is 17.0 Å². The van der Waals surface area contributed by atoms with Crippen molar-refractivity contribution in [1.82, 2.24) is 9.80 Å². The van der Waals surface area contributed by atoms with Crippen molar-refractivity contribution in [1.29, 1.82) is 0 Å². The number of hydrogen-bond donors (Lipinski definition) is 2. The van der Waals surface area contributed by atoms with Crippen LogP contribution in [0.3, 0.4) is 0 Å². The van der Waals surface area contributed by atoms with Crippen molar-refractivity contribution in [2.45, 2.75) is 0 Å². The molecule has 6 nitrogen and oxygen atoms in total. The highest BCUT2D eigenvalue weighted by Crippen LogP contribution is 2.13. The standard InChI is InChI=1S/C12H14N2O4/c15-10-3-1-9(2-4-10)11(16)13-5-7-14(8-6-13)12(17)18/h1-4,15H,5-8H2,(H,17,18). The minimum absolute atomic E-state index is 0.113. The van der Waals surface area contributed by atoms with Gasteiger partial charge in [0.2, 0.25) is 0 Å². The lowest BCUT2D eigenvalue weighted by molar-refractivity contribution is 0.0625. The molecule has 2 rings (SSSR count). The number of carbonyl (C=O) groups is 2. The molecule has 6 heteroatoms. The summed E-state index contributed by atoms with van der Waals surface area (Å²) in [5.41, 5.74) is 0.497. The third-order valence-electron chi connectivity index (χ3n) is 2.95. The summed E-state index contributed by atoms with van der Waals surface area (Å²) in [6, 6.07) is 6.03. The summed E-state index contributed by atoms with van der Waals surface area (Å²) in [4.78, 5) is 25.7. The Bertz CT molecular complexity index is 450. The van der Waals surface area contributed by atoms with Gasteiger partial charge in [0.05, 0.1) is 0 Å². The van der Waals surface area contributed by atoms with Crippen LogP contribution >= 0.6 is 0 Å². The zero-order valence-electron chi connectivity index (χ0n) is 9.74. The first-order valence-corrected chi connectivity index (χ1v) is 5.64. The fourth-order valence-electron chi connectivity index (χ4n) is 1.89. The number of aromatic hydroxyl groups is 1. The first kappa shape index (κ1) is 12.2. The summed E-state index contributed by atoms with van der Waals surface area (Å²) < 4.78 is 0. The molecule has 0 saturated carbocycles. The van der Waals surface area contributed by atoms with Gasteiger partial charge in [-0.15, -0.1) is 0 Å². The van der Waals surface area contributed by atoms with Crippen LogP contribution in [0.2, 0.25) is 0 Å². The smallest absolute Gasteiger partial charge is 0.407 e. The normalized spacial score (nSPS) is 15.6. The van der Waals surface area contributed by atoms with E-state index in [9.17, 15) is 9.59 Å². The molecule has 0 radical (unpaired) electrons. The number of piperazine rings is 1. The Kier molecular flexibility index (Phi) is 3.36. The molecule has 0 aliphatic carbocycles. The number of amides is 2. The molecule has 1 aromatic carbocycles. The predicted molar refractivity (Wildman–Crippen MR) is 63.6 cm³/mol. The molecule has 1 saturated heterocycles. The third kappa shape index (κ3) is 2.53. The molecular weight excluding hydrogens is 236 g/mol. The fraction of sp³-hybridized carbons (Fsp3) is 0.333. The minimum atomic E-state index is -0.952. The van der Waals surface area contributed by atoms with Crippen LogP contribution in [0.1, 0.15) is 10.4 Å². The second kappa shape index (κ2) is 4.95. The van der Waals surface area contributed by atoms with Gasteiger partial charge in [-0.1, -0.05) is 0 Å². The number of rotatable bonds is 1. The predicted octanol–water partition coefficient (Wildman–Crippen LogP) is 0.828. The molecule has 1 aromatic rings. The monoisotopic (exact) mass is 250 g/mol. The summed E-state index contributed by atoms with van der Waals surface area (Å²) in [5.74, 6) is -0.0257. The van der Waals surface area contributed by atoms with Crippen molar-refractivity contribution < 1.29 is 19.8 Å². The Labute approximate surface area is 104 Å². The molecule has 1 aliphatic heterocycles. The molecule has 1 heterocycles. The van der Waals surface area contributed by atoms with E-state index in [1.807, 2.05) is 0 Å². The second-order valence-electron chi connectivity index (χ2n) is 4.11. The van der Waals surface area contributed by atoms with Crippen LogP contribution in [0.15, 0.2) is 24.3 Å². The van der Waals surface area contributed by atoms with E-state index in [4.69, 9.17) is 10.2 Å². The van der Waals surface area contributed by atoms with Crippen molar-refractivity contribution >= 4 is 12.0 Å². The Balaban J connectivity index is 1.99. The molecule has 1 fully saturated rings. The van der Waals surface area contributed by atoms with Crippen molar-refractivity contribution in [2.75, 3.05) is 26.2 Å². The average molecular weight is 250 g/mol. The number of hydrogen-bond acceptors (Lipinski definition) is 3. The molecule has 0 spiro atoms. The van der Waals surface area contributed by atoms with E-state index < -0.39 is 6.09 Å². The second-order valence-corrected chi connectivity index (χ2v) is 4.11. The number of nitrogens with zero attached hydrogens (tertiary/aromatic N) is 2. The van der Waals surface area contributed by atoms with Crippen LogP contribution in [0.5, 0.6) is 5.75 Å². The van der Waals surface area contributed by atoms with Crippen LogP contribution in [0.4, 0.5) is 4.79 Å². The maximum Gasteiger partial charge on any atom is 0.407 e. The Hall–Kier alpha value is -2.24. The number of carboxylic acid groups (broad SMARTS) is 1. The van der Waals surface area contributed by atoms with E-state index in [-0.39, 0.29) is 11.7 Å². The highest BCUT2D eigenvalue weighted by molar-refractivity contribution is 5.94. The van der Waals surface area contributed by atoms with E-state index in [2.05, 4.69) is 0 Å². The topological polar surface area (TPSA) is 81.1 Å². The van der Waals surface area contributed by atoms with Crippen LogP contribution in [0.25, 0.3) is 0 Å². The lowest BCUT2D eigenvalue weighted by Gasteiger charge is -2.33. The SMILES string of the molecule is O=C(O)N1CCN(C(=O)c2ccc(O)cc2)CC1. The van der Waals surface area contributed by atoms with Gasteiger partial charge < -0.3 is 20.0 Å². The average Bonchev–Trinajstić information content (AvgIpc) is 2.39. The van der Waals surface area contributed by atoms with E-state index in [1.54, 1.807) is 17.0 Å². The maximum absolute atomic E-state index is 12.1. The molecule has 0 bridgehead atoms. The van der Waals surface area contributed by atoms with Gasteiger partial charge in [-0.3, -0.25) is 4.79 Å². The molecule has 0 unspecified atom stereocenters. The summed E-state index contributed by atoms with van der Waals surface area (Å²) in [5, 5.41) is 18.0. The van der Waals surface area contributed by atoms with E-state index >= 15 is 0 Å². The highest BCUT2D eigenvalue weighted by Gasteiger charge is 2.24. The zero-order chi connectivity index (χ0) is 13.1. The molecular formula is C12H14N2O4. The maximum atomic E-state index is 12.1. The molecule has 18 heavy (non-hydrogen) atoms. The van der Waals surface area contributed by atoms with Gasteiger partial charge >= 0.3 is 6.09 Å². The van der Waals surface area contributed by atoms with Gasteiger partial charge in [0.1, 0.15) is 5.75 Å². The molecule has 1 aliphatic rings. The van der Waals surface area contributed by atoms with Crippen molar-refractivity contribution in [2.24, 2.45) is 0 Å². The van der Waals surface area contributed by atoms with E-state index in [0.29, 0.717) is 31.7 Å². The van der Waals surface area contributed by atoms with Gasteiger partial charge in [-0.2, -0.15) is 0 Å². The van der Waals surface area contributed by atoms with Crippen LogP contribution in [-0.4, -0.2) is 58.2 Å². The van der Waals surface area contributed by atoms with Crippen molar-refractivity contribution in [3.63, 3.8) is 0 Å². The summed E-state index contributed by atoms with van der Waals surface area (Å²) in [6.45, 7) is 1.45. The van der Waals surface area contributed by atoms with Gasteiger partial charge in [0.25, 0.3) is 5.91 Å². The molecule has 0 atom stereocenters. The molecule has 96 valence electrons.